The zero-order chi connectivity index (χ0) is 13.9. The van der Waals surface area contributed by atoms with Crippen LogP contribution in [0.25, 0.3) is 11.1 Å². The number of benzene rings is 1. The molecule has 0 spiro atoms. The SMILES string of the molecule is O=C(NC[C@@H]1CCOCO1)c1ccc2[nH]c(=S)oc2c1. The molecule has 0 aliphatic carbocycles. The van der Waals surface area contributed by atoms with E-state index in [1.165, 1.54) is 0 Å². The molecule has 20 heavy (non-hydrogen) atoms. The Kier molecular flexibility index (Phi) is 3.81. The fraction of sp³-hybridized carbons (Fsp3) is 0.385. The molecule has 2 N–H and O–H groups in total. The van der Waals surface area contributed by atoms with Gasteiger partial charge in [-0.25, -0.2) is 0 Å². The average molecular weight is 294 g/mol. The maximum Gasteiger partial charge on any atom is 0.266 e. The Morgan fingerprint density at radius 2 is 2.40 bits per heavy atom. The zero-order valence-corrected chi connectivity index (χ0v) is 11.5. The molecule has 106 valence electrons. The normalized spacial score (nSPS) is 19.1. The van der Waals surface area contributed by atoms with Crippen molar-refractivity contribution in [3.05, 3.63) is 28.6 Å². The Balaban J connectivity index is 1.66. The summed E-state index contributed by atoms with van der Waals surface area (Å²) in [7, 11) is 0. The lowest BCUT2D eigenvalue weighted by atomic mass is 10.2. The van der Waals surface area contributed by atoms with E-state index in [0.29, 0.717) is 29.1 Å². The number of hydrogen-bond donors (Lipinski definition) is 2. The summed E-state index contributed by atoms with van der Waals surface area (Å²) in [4.78, 5) is 15.3. The van der Waals surface area contributed by atoms with E-state index in [-0.39, 0.29) is 18.8 Å². The maximum absolute atomic E-state index is 12.1. The van der Waals surface area contributed by atoms with E-state index in [2.05, 4.69) is 10.3 Å². The number of aromatic amines is 1. The third kappa shape index (κ3) is 2.90. The number of fused-ring (bicyclic) bond motifs is 1. The van der Waals surface area contributed by atoms with Crippen molar-refractivity contribution in [3.63, 3.8) is 0 Å². The van der Waals surface area contributed by atoms with Gasteiger partial charge in [0.15, 0.2) is 5.58 Å². The molecule has 7 heteroatoms. The first kappa shape index (κ1) is 13.3. The highest BCUT2D eigenvalue weighted by atomic mass is 32.1. The Labute approximate surface area is 120 Å². The van der Waals surface area contributed by atoms with Crippen LogP contribution in [0.3, 0.4) is 0 Å². The van der Waals surface area contributed by atoms with Gasteiger partial charge in [0.1, 0.15) is 6.79 Å². The van der Waals surface area contributed by atoms with Crippen molar-refractivity contribution < 1.29 is 18.7 Å². The molecule has 0 bridgehead atoms. The molecule has 1 aliphatic heterocycles. The molecule has 1 aromatic heterocycles. The van der Waals surface area contributed by atoms with Crippen LogP contribution in [0.5, 0.6) is 0 Å². The largest absolute Gasteiger partial charge is 0.429 e. The smallest absolute Gasteiger partial charge is 0.266 e. The van der Waals surface area contributed by atoms with E-state index >= 15 is 0 Å². The zero-order valence-electron chi connectivity index (χ0n) is 10.7. The molecule has 0 radical (unpaired) electrons. The Morgan fingerprint density at radius 3 is 3.20 bits per heavy atom. The van der Waals surface area contributed by atoms with E-state index in [0.717, 1.165) is 11.9 Å². The molecule has 1 atom stereocenters. The molecule has 1 saturated heterocycles. The highest BCUT2D eigenvalue weighted by Gasteiger charge is 2.16. The van der Waals surface area contributed by atoms with Gasteiger partial charge in [-0.2, -0.15) is 0 Å². The summed E-state index contributed by atoms with van der Waals surface area (Å²) in [6.07, 6.45) is 0.791. The van der Waals surface area contributed by atoms with Gasteiger partial charge in [0.05, 0.1) is 18.2 Å². The van der Waals surface area contributed by atoms with Crippen LogP contribution in [0.4, 0.5) is 0 Å². The van der Waals surface area contributed by atoms with Crippen molar-refractivity contribution in [2.24, 2.45) is 0 Å². The standard InChI is InChI=1S/C13H14N2O4S/c16-12(14-6-9-3-4-17-7-18-9)8-1-2-10-11(5-8)19-13(20)15-10/h1-2,5,9H,3-4,6-7H2,(H,14,16)(H,15,20)/t9-/m0/s1. The number of hydrogen-bond acceptors (Lipinski definition) is 5. The Hall–Kier alpha value is -1.70. The number of amides is 1. The average Bonchev–Trinajstić information content (AvgIpc) is 2.85. The van der Waals surface area contributed by atoms with Crippen LogP contribution < -0.4 is 5.32 Å². The summed E-state index contributed by atoms with van der Waals surface area (Å²) >= 11 is 4.91. The van der Waals surface area contributed by atoms with E-state index in [1.54, 1.807) is 18.2 Å². The van der Waals surface area contributed by atoms with Gasteiger partial charge in [0.2, 0.25) is 0 Å². The van der Waals surface area contributed by atoms with Gasteiger partial charge in [-0.1, -0.05) is 0 Å². The predicted octanol–water partition coefficient (Wildman–Crippen LogP) is 1.98. The first-order valence-corrected chi connectivity index (χ1v) is 6.73. The maximum atomic E-state index is 12.1. The van der Waals surface area contributed by atoms with Crippen LogP contribution in [0, 0.1) is 4.84 Å². The first-order valence-electron chi connectivity index (χ1n) is 6.33. The van der Waals surface area contributed by atoms with E-state index in [1.807, 2.05) is 0 Å². The van der Waals surface area contributed by atoms with Crippen LogP contribution >= 0.6 is 12.2 Å². The molecule has 2 heterocycles. The minimum atomic E-state index is -0.163. The summed E-state index contributed by atoms with van der Waals surface area (Å²) in [5.41, 5.74) is 1.88. The van der Waals surface area contributed by atoms with Gasteiger partial charge in [-0.15, -0.1) is 0 Å². The summed E-state index contributed by atoms with van der Waals surface area (Å²) in [5.74, 6) is -0.163. The van der Waals surface area contributed by atoms with Crippen LogP contribution in [0.1, 0.15) is 16.8 Å². The van der Waals surface area contributed by atoms with Crippen LogP contribution in [0.2, 0.25) is 0 Å². The molecule has 6 nitrogen and oxygen atoms in total. The van der Waals surface area contributed by atoms with Gasteiger partial charge in [-0.05, 0) is 36.8 Å². The number of oxazole rings is 1. The van der Waals surface area contributed by atoms with Crippen molar-refractivity contribution in [1.29, 1.82) is 0 Å². The first-order chi connectivity index (χ1) is 9.72. The third-order valence-electron chi connectivity index (χ3n) is 3.14. The topological polar surface area (TPSA) is 76.5 Å². The lowest BCUT2D eigenvalue weighted by Gasteiger charge is -2.22. The van der Waals surface area contributed by atoms with Crippen molar-refractivity contribution in [2.75, 3.05) is 19.9 Å². The second-order valence-corrected chi connectivity index (χ2v) is 4.91. The van der Waals surface area contributed by atoms with Crippen molar-refractivity contribution >= 4 is 29.2 Å². The van der Waals surface area contributed by atoms with Gasteiger partial charge in [0, 0.05) is 12.1 Å². The molecule has 1 amide bonds. The summed E-state index contributed by atoms with van der Waals surface area (Å²) in [5, 5.41) is 2.84. The van der Waals surface area contributed by atoms with E-state index in [9.17, 15) is 4.79 Å². The van der Waals surface area contributed by atoms with Crippen molar-refractivity contribution in [3.8, 4) is 0 Å². The molecular weight excluding hydrogens is 280 g/mol. The van der Waals surface area contributed by atoms with Gasteiger partial charge < -0.3 is 24.2 Å². The minimum Gasteiger partial charge on any atom is -0.429 e. The number of nitrogens with one attached hydrogen (secondary N) is 2. The highest BCUT2D eigenvalue weighted by Crippen LogP contribution is 2.15. The minimum absolute atomic E-state index is 0.00706. The van der Waals surface area contributed by atoms with Gasteiger partial charge in [0.25, 0.3) is 10.7 Å². The number of rotatable bonds is 3. The molecule has 2 aromatic rings. The molecule has 0 saturated carbocycles. The molecule has 3 rings (SSSR count). The number of ether oxygens (including phenoxy) is 2. The van der Waals surface area contributed by atoms with Crippen LogP contribution in [-0.4, -0.2) is 36.9 Å². The lowest BCUT2D eigenvalue weighted by molar-refractivity contribution is -0.136. The monoisotopic (exact) mass is 294 g/mol. The molecule has 1 aromatic carbocycles. The van der Waals surface area contributed by atoms with Gasteiger partial charge in [-0.3, -0.25) is 4.79 Å². The van der Waals surface area contributed by atoms with Crippen molar-refractivity contribution in [2.45, 2.75) is 12.5 Å². The predicted molar refractivity (Wildman–Crippen MR) is 74.0 cm³/mol. The molecule has 0 unspecified atom stereocenters. The lowest BCUT2D eigenvalue weighted by Crippen LogP contribution is -2.37. The number of aromatic nitrogens is 1. The van der Waals surface area contributed by atoms with E-state index < -0.39 is 0 Å². The van der Waals surface area contributed by atoms with Crippen LogP contribution in [-0.2, 0) is 9.47 Å². The second-order valence-electron chi connectivity index (χ2n) is 4.54. The quantitative estimate of drug-likeness (QED) is 0.847. The summed E-state index contributed by atoms with van der Waals surface area (Å²) in [6, 6.07) is 5.17. The molecule has 1 fully saturated rings. The summed E-state index contributed by atoms with van der Waals surface area (Å²) in [6.45, 7) is 1.42. The van der Waals surface area contributed by atoms with Gasteiger partial charge >= 0.3 is 0 Å². The second kappa shape index (κ2) is 5.74. The van der Waals surface area contributed by atoms with Crippen LogP contribution in [0.15, 0.2) is 22.6 Å². The fourth-order valence-electron chi connectivity index (χ4n) is 2.06. The molecule has 1 aliphatic rings. The number of H-pyrrole nitrogens is 1. The number of carbonyl (C=O) groups excluding carboxylic acids is 1. The fourth-order valence-corrected chi connectivity index (χ4v) is 2.26. The third-order valence-corrected chi connectivity index (χ3v) is 3.33. The Morgan fingerprint density at radius 1 is 1.50 bits per heavy atom. The highest BCUT2D eigenvalue weighted by molar-refractivity contribution is 7.71. The Bertz CT molecular complexity index is 672. The van der Waals surface area contributed by atoms with E-state index in [4.69, 9.17) is 26.1 Å². The molecular formula is C13H14N2O4S. The number of carbonyl (C=O) groups is 1. The summed E-state index contributed by atoms with van der Waals surface area (Å²) < 4.78 is 15.7. The van der Waals surface area contributed by atoms with Crippen molar-refractivity contribution in [1.82, 2.24) is 10.3 Å².